The molecule has 104 valence electrons. The van der Waals surface area contributed by atoms with Gasteiger partial charge >= 0.3 is 0 Å². The van der Waals surface area contributed by atoms with Gasteiger partial charge in [-0.05, 0) is 49.8 Å². The molecule has 19 heavy (non-hydrogen) atoms. The number of rotatable bonds is 3. The minimum atomic E-state index is -0.415. The predicted molar refractivity (Wildman–Crippen MR) is 78.0 cm³/mol. The molecule has 1 fully saturated rings. The Hall–Kier alpha value is -0.610. The summed E-state index contributed by atoms with van der Waals surface area (Å²) in [6, 6.07) is 4.20. The number of amides is 1. The van der Waals surface area contributed by atoms with Crippen molar-refractivity contribution in [2.24, 2.45) is 5.92 Å². The fourth-order valence-corrected chi connectivity index (χ4v) is 3.07. The minimum absolute atomic E-state index is 0.229. The molecule has 0 aliphatic heterocycles. The quantitative estimate of drug-likeness (QED) is 0.818. The van der Waals surface area contributed by atoms with Crippen LogP contribution in [-0.4, -0.2) is 17.8 Å². The van der Waals surface area contributed by atoms with E-state index in [1.54, 1.807) is 6.07 Å². The van der Waals surface area contributed by atoms with Crippen LogP contribution in [0.25, 0.3) is 0 Å². The van der Waals surface area contributed by atoms with E-state index in [2.05, 4.69) is 21.2 Å². The molecule has 5 heteroatoms. The standard InChI is InChI=1S/C14H16BrClFNO/c15-11-5-10(6-13(17)7-11)14(19)18-8-9-1-3-12(16)4-2-9/h5-7,9,12H,1-4,8H2,(H,18,19). The van der Waals surface area contributed by atoms with Crippen LogP contribution in [0, 0.1) is 11.7 Å². The topological polar surface area (TPSA) is 29.1 Å². The molecule has 0 heterocycles. The van der Waals surface area contributed by atoms with Gasteiger partial charge in [-0.2, -0.15) is 0 Å². The van der Waals surface area contributed by atoms with Gasteiger partial charge in [0.25, 0.3) is 5.91 Å². The molecule has 1 amide bonds. The molecule has 0 radical (unpaired) electrons. The van der Waals surface area contributed by atoms with Crippen molar-refractivity contribution in [2.45, 2.75) is 31.1 Å². The third kappa shape index (κ3) is 4.46. The zero-order valence-corrected chi connectivity index (χ0v) is 12.8. The van der Waals surface area contributed by atoms with Crippen LogP contribution >= 0.6 is 27.5 Å². The van der Waals surface area contributed by atoms with Crippen molar-refractivity contribution in [3.05, 3.63) is 34.1 Å². The number of carbonyl (C=O) groups is 1. The monoisotopic (exact) mass is 347 g/mol. The molecular formula is C14H16BrClFNO. The van der Waals surface area contributed by atoms with E-state index in [0.29, 0.717) is 22.5 Å². The molecule has 0 saturated heterocycles. The lowest BCUT2D eigenvalue weighted by Gasteiger charge is -2.25. The van der Waals surface area contributed by atoms with Crippen molar-refractivity contribution in [3.8, 4) is 0 Å². The third-order valence-electron chi connectivity index (χ3n) is 3.45. The van der Waals surface area contributed by atoms with E-state index in [1.807, 2.05) is 0 Å². The summed E-state index contributed by atoms with van der Waals surface area (Å²) >= 11 is 9.22. The lowest BCUT2D eigenvalue weighted by atomic mass is 9.89. The van der Waals surface area contributed by atoms with Crippen LogP contribution in [0.4, 0.5) is 4.39 Å². The lowest BCUT2D eigenvalue weighted by Crippen LogP contribution is -2.31. The van der Waals surface area contributed by atoms with Gasteiger partial charge in [-0.25, -0.2) is 4.39 Å². The van der Waals surface area contributed by atoms with Crippen molar-refractivity contribution in [1.29, 1.82) is 0 Å². The summed E-state index contributed by atoms with van der Waals surface area (Å²) in [5, 5.41) is 3.15. The predicted octanol–water partition coefficient (Wildman–Crippen LogP) is 4.12. The molecule has 2 nitrogen and oxygen atoms in total. The normalized spacial score (nSPS) is 23.1. The Kier molecular flexibility index (Phi) is 5.22. The van der Waals surface area contributed by atoms with Crippen LogP contribution in [0.2, 0.25) is 0 Å². The molecule has 0 spiro atoms. The van der Waals surface area contributed by atoms with E-state index in [4.69, 9.17) is 11.6 Å². The van der Waals surface area contributed by atoms with E-state index in [9.17, 15) is 9.18 Å². The van der Waals surface area contributed by atoms with Gasteiger partial charge in [0.15, 0.2) is 0 Å². The number of halogens is 3. The van der Waals surface area contributed by atoms with Crippen molar-refractivity contribution < 1.29 is 9.18 Å². The molecule has 0 unspecified atom stereocenters. The van der Waals surface area contributed by atoms with E-state index in [-0.39, 0.29) is 11.3 Å². The molecule has 1 aliphatic rings. The number of carbonyl (C=O) groups excluding carboxylic acids is 1. The molecule has 1 aromatic rings. The summed E-state index contributed by atoms with van der Waals surface area (Å²) in [6.45, 7) is 0.635. The molecule has 1 aromatic carbocycles. The minimum Gasteiger partial charge on any atom is -0.352 e. The first kappa shape index (κ1) is 14.8. The first-order chi connectivity index (χ1) is 9.04. The maximum Gasteiger partial charge on any atom is 0.251 e. The van der Waals surface area contributed by atoms with Crippen LogP contribution in [-0.2, 0) is 0 Å². The first-order valence-electron chi connectivity index (χ1n) is 6.43. The van der Waals surface area contributed by atoms with Crippen molar-refractivity contribution in [2.75, 3.05) is 6.54 Å². The molecule has 1 saturated carbocycles. The summed E-state index contributed by atoms with van der Waals surface area (Å²) in [7, 11) is 0. The second-order valence-corrected chi connectivity index (χ2v) is 6.52. The van der Waals surface area contributed by atoms with E-state index in [1.165, 1.54) is 12.1 Å². The van der Waals surface area contributed by atoms with Gasteiger partial charge in [-0.3, -0.25) is 4.79 Å². The summed E-state index contributed by atoms with van der Waals surface area (Å²) in [5.41, 5.74) is 0.345. The molecule has 1 N–H and O–H groups in total. The summed E-state index contributed by atoms with van der Waals surface area (Å²) < 4.78 is 13.8. The van der Waals surface area contributed by atoms with Crippen LogP contribution in [0.5, 0.6) is 0 Å². The highest BCUT2D eigenvalue weighted by molar-refractivity contribution is 9.10. The molecule has 0 atom stereocenters. The van der Waals surface area contributed by atoms with Gasteiger partial charge in [0.2, 0.25) is 0 Å². The smallest absolute Gasteiger partial charge is 0.251 e. The average Bonchev–Trinajstić information content (AvgIpc) is 2.36. The second-order valence-electron chi connectivity index (χ2n) is 4.99. The van der Waals surface area contributed by atoms with Crippen LogP contribution in [0.15, 0.2) is 22.7 Å². The van der Waals surface area contributed by atoms with Gasteiger partial charge in [-0.15, -0.1) is 11.6 Å². The number of hydrogen-bond donors (Lipinski definition) is 1. The molecular weight excluding hydrogens is 333 g/mol. The zero-order chi connectivity index (χ0) is 13.8. The highest BCUT2D eigenvalue weighted by Gasteiger charge is 2.20. The Morgan fingerprint density at radius 3 is 2.63 bits per heavy atom. The fourth-order valence-electron chi connectivity index (χ4n) is 2.35. The maximum absolute atomic E-state index is 13.2. The summed E-state index contributed by atoms with van der Waals surface area (Å²) in [4.78, 5) is 11.9. The SMILES string of the molecule is O=C(NCC1CCC(Cl)CC1)c1cc(F)cc(Br)c1. The Balaban J connectivity index is 1.87. The largest absolute Gasteiger partial charge is 0.352 e. The van der Waals surface area contributed by atoms with Gasteiger partial charge in [0.1, 0.15) is 5.82 Å². The third-order valence-corrected chi connectivity index (χ3v) is 4.35. The van der Waals surface area contributed by atoms with Gasteiger partial charge < -0.3 is 5.32 Å². The molecule has 0 bridgehead atoms. The Labute approximate surface area is 125 Å². The van der Waals surface area contributed by atoms with Gasteiger partial charge in [0, 0.05) is 22.0 Å². The fraction of sp³-hybridized carbons (Fsp3) is 0.500. The number of nitrogens with one attached hydrogen (secondary N) is 1. The Bertz CT molecular complexity index is 441. The second kappa shape index (κ2) is 6.71. The highest BCUT2D eigenvalue weighted by Crippen LogP contribution is 2.27. The number of hydrogen-bond acceptors (Lipinski definition) is 1. The van der Waals surface area contributed by atoms with Crippen molar-refractivity contribution in [1.82, 2.24) is 5.32 Å². The molecule has 0 aromatic heterocycles. The summed E-state index contributed by atoms with van der Waals surface area (Å²) in [6.07, 6.45) is 4.10. The number of benzene rings is 1. The van der Waals surface area contributed by atoms with Crippen molar-refractivity contribution in [3.63, 3.8) is 0 Å². The van der Waals surface area contributed by atoms with Gasteiger partial charge in [0.05, 0.1) is 0 Å². The number of alkyl halides is 1. The molecule has 2 rings (SSSR count). The van der Waals surface area contributed by atoms with E-state index in [0.717, 1.165) is 25.7 Å². The van der Waals surface area contributed by atoms with E-state index >= 15 is 0 Å². The van der Waals surface area contributed by atoms with Crippen LogP contribution in [0.1, 0.15) is 36.0 Å². The van der Waals surface area contributed by atoms with Crippen molar-refractivity contribution >= 4 is 33.4 Å². The zero-order valence-electron chi connectivity index (χ0n) is 10.5. The highest BCUT2D eigenvalue weighted by atomic mass is 79.9. The maximum atomic E-state index is 13.2. The Morgan fingerprint density at radius 2 is 2.00 bits per heavy atom. The average molecular weight is 349 g/mol. The van der Waals surface area contributed by atoms with Crippen LogP contribution < -0.4 is 5.32 Å². The first-order valence-corrected chi connectivity index (χ1v) is 7.66. The van der Waals surface area contributed by atoms with Crippen LogP contribution in [0.3, 0.4) is 0 Å². The lowest BCUT2D eigenvalue weighted by molar-refractivity contribution is 0.0943. The molecule has 1 aliphatic carbocycles. The van der Waals surface area contributed by atoms with E-state index < -0.39 is 5.82 Å². The summed E-state index contributed by atoms with van der Waals surface area (Å²) in [5.74, 6) is -0.161. The van der Waals surface area contributed by atoms with Gasteiger partial charge in [-0.1, -0.05) is 15.9 Å². The Morgan fingerprint density at radius 1 is 1.32 bits per heavy atom.